The average Bonchev–Trinajstić information content (AvgIpc) is 3.48. The summed E-state index contributed by atoms with van der Waals surface area (Å²) in [4.78, 5) is 45.2. The van der Waals surface area contributed by atoms with E-state index >= 15 is 0 Å². The van der Waals surface area contributed by atoms with Crippen LogP contribution in [0.3, 0.4) is 0 Å². The van der Waals surface area contributed by atoms with Gasteiger partial charge >= 0.3 is 5.97 Å². The Morgan fingerprint density at radius 2 is 2.00 bits per heavy atom. The maximum Gasteiger partial charge on any atom is 0.312 e. The Bertz CT molecular complexity index is 1030. The first-order valence-corrected chi connectivity index (χ1v) is 14.0. The molecule has 3 heterocycles. The van der Waals surface area contributed by atoms with Crippen LogP contribution in [-0.4, -0.2) is 82.3 Å². The summed E-state index contributed by atoms with van der Waals surface area (Å²) in [6.07, 6.45) is 5.96. The molecule has 0 radical (unpaired) electrons. The van der Waals surface area contributed by atoms with E-state index in [1.807, 2.05) is 37.3 Å². The van der Waals surface area contributed by atoms with Gasteiger partial charge in [0.05, 0.1) is 30.8 Å². The highest BCUT2D eigenvalue weighted by Gasteiger charge is 2.79. The zero-order valence-electron chi connectivity index (χ0n) is 22.9. The van der Waals surface area contributed by atoms with Crippen molar-refractivity contribution in [1.82, 2.24) is 9.80 Å². The van der Waals surface area contributed by atoms with Crippen LogP contribution in [0.5, 0.6) is 0 Å². The molecule has 1 N–H and O–H groups in total. The lowest BCUT2D eigenvalue weighted by Gasteiger charge is -2.39. The van der Waals surface area contributed by atoms with Crippen molar-refractivity contribution in [3.63, 3.8) is 0 Å². The number of carbonyl (C=O) groups is 3. The van der Waals surface area contributed by atoms with E-state index in [1.54, 1.807) is 22.8 Å². The molecule has 1 spiro atoms. The van der Waals surface area contributed by atoms with Gasteiger partial charge in [0.2, 0.25) is 11.8 Å². The number of nitrogens with zero attached hydrogens (tertiary/aromatic N) is 2. The van der Waals surface area contributed by atoms with E-state index in [2.05, 4.69) is 13.5 Å². The lowest BCUT2D eigenvalue weighted by Crippen LogP contribution is -2.59. The second-order valence-corrected chi connectivity index (χ2v) is 11.0. The van der Waals surface area contributed by atoms with Gasteiger partial charge < -0.3 is 24.4 Å². The Morgan fingerprint density at radius 1 is 1.26 bits per heavy atom. The van der Waals surface area contributed by atoms with Gasteiger partial charge in [-0.15, -0.1) is 6.58 Å². The summed E-state index contributed by atoms with van der Waals surface area (Å²) < 4.78 is 12.1. The first-order valence-electron chi connectivity index (χ1n) is 14.0. The summed E-state index contributed by atoms with van der Waals surface area (Å²) in [5.74, 6) is -2.62. The molecule has 2 unspecified atom stereocenters. The Balaban J connectivity index is 1.78. The molecule has 3 aliphatic rings. The molecule has 0 aromatic heterocycles. The minimum Gasteiger partial charge on any atom is -0.466 e. The molecule has 8 heteroatoms. The van der Waals surface area contributed by atoms with Crippen LogP contribution in [0, 0.1) is 11.8 Å². The fourth-order valence-corrected chi connectivity index (χ4v) is 6.94. The number of amides is 2. The highest BCUT2D eigenvalue weighted by Crippen LogP contribution is 2.63. The van der Waals surface area contributed by atoms with E-state index in [0.29, 0.717) is 32.4 Å². The summed E-state index contributed by atoms with van der Waals surface area (Å²) in [5.41, 5.74) is -1.07. The van der Waals surface area contributed by atoms with Gasteiger partial charge in [0.15, 0.2) is 0 Å². The largest absolute Gasteiger partial charge is 0.466 e. The molecule has 38 heavy (non-hydrogen) atoms. The Hall–Kier alpha value is -2.71. The lowest BCUT2D eigenvalue weighted by molar-refractivity contribution is -0.161. The average molecular weight is 527 g/mol. The highest BCUT2D eigenvalue weighted by atomic mass is 16.6. The van der Waals surface area contributed by atoms with Crippen molar-refractivity contribution in [3.05, 3.63) is 48.6 Å². The molecule has 0 saturated carbocycles. The fourth-order valence-electron chi connectivity index (χ4n) is 6.94. The Labute approximate surface area is 226 Å². The number of likely N-dealkylation sites (tertiary alicyclic amines) is 1. The zero-order chi connectivity index (χ0) is 27.5. The van der Waals surface area contributed by atoms with E-state index in [1.165, 1.54) is 0 Å². The molecule has 0 aliphatic carbocycles. The first-order chi connectivity index (χ1) is 18.3. The number of ether oxygens (including phenoxy) is 2. The number of unbranched alkanes of at least 4 members (excludes halogenated alkanes) is 2. The molecule has 208 valence electrons. The van der Waals surface area contributed by atoms with E-state index in [9.17, 15) is 19.5 Å². The van der Waals surface area contributed by atoms with Gasteiger partial charge in [0.1, 0.15) is 17.6 Å². The predicted octanol–water partition coefficient (Wildman–Crippen LogP) is 3.12. The monoisotopic (exact) mass is 526 g/mol. The van der Waals surface area contributed by atoms with Gasteiger partial charge in [-0.1, -0.05) is 56.2 Å². The minimum absolute atomic E-state index is 0.198. The third kappa shape index (κ3) is 4.77. The number of carbonyl (C=O) groups excluding carboxylic acids is 3. The highest BCUT2D eigenvalue weighted by molar-refractivity contribution is 5.98. The fraction of sp³-hybridized carbons (Fsp3) is 0.633. The normalized spacial score (nSPS) is 30.3. The van der Waals surface area contributed by atoms with Gasteiger partial charge in [0.25, 0.3) is 0 Å². The molecule has 6 atom stereocenters. The second kappa shape index (κ2) is 11.6. The minimum atomic E-state index is -1.14. The van der Waals surface area contributed by atoms with Crippen molar-refractivity contribution in [2.75, 3.05) is 26.3 Å². The smallest absolute Gasteiger partial charge is 0.312 e. The van der Waals surface area contributed by atoms with Crippen molar-refractivity contribution < 1.29 is 29.0 Å². The van der Waals surface area contributed by atoms with Gasteiger partial charge in [-0.2, -0.15) is 0 Å². The van der Waals surface area contributed by atoms with Crippen LogP contribution >= 0.6 is 0 Å². The third-order valence-corrected chi connectivity index (χ3v) is 8.60. The number of aliphatic hydroxyl groups is 1. The number of fused-ring (bicyclic) bond motifs is 1. The van der Waals surface area contributed by atoms with Crippen molar-refractivity contribution in [1.29, 1.82) is 0 Å². The molecular weight excluding hydrogens is 484 g/mol. The summed E-state index contributed by atoms with van der Waals surface area (Å²) in [6.45, 7) is 10.3. The maximum absolute atomic E-state index is 14.4. The summed E-state index contributed by atoms with van der Waals surface area (Å²) >= 11 is 0. The van der Waals surface area contributed by atoms with Gasteiger partial charge in [-0.05, 0) is 45.1 Å². The molecule has 4 rings (SSSR count). The predicted molar refractivity (Wildman–Crippen MR) is 143 cm³/mol. The second-order valence-electron chi connectivity index (χ2n) is 11.0. The summed E-state index contributed by atoms with van der Waals surface area (Å²) in [5, 5.41) is 10.6. The summed E-state index contributed by atoms with van der Waals surface area (Å²) in [7, 11) is 0. The topological polar surface area (TPSA) is 96.4 Å². The lowest BCUT2D eigenvalue weighted by atomic mass is 9.66. The number of aliphatic hydroxyl groups excluding tert-OH is 1. The van der Waals surface area contributed by atoms with Gasteiger partial charge in [-0.3, -0.25) is 14.4 Å². The van der Waals surface area contributed by atoms with Crippen molar-refractivity contribution in [2.24, 2.45) is 11.8 Å². The van der Waals surface area contributed by atoms with Crippen molar-refractivity contribution >= 4 is 17.8 Å². The number of hydrogen-bond donors (Lipinski definition) is 1. The van der Waals surface area contributed by atoms with Crippen LogP contribution in [0.25, 0.3) is 0 Å². The number of benzene rings is 1. The summed E-state index contributed by atoms with van der Waals surface area (Å²) in [6, 6.07) is 8.04. The van der Waals surface area contributed by atoms with E-state index in [0.717, 1.165) is 24.8 Å². The SMILES string of the molecule is C=CCN(CCCCC)C(=O)C1N([C@@H](CO)Cc2ccccc2)C(=O)[C@@H]2[C@@H](C(=O)OCC)[C@@]3(C)CCC12O3. The molecule has 3 aliphatic heterocycles. The maximum atomic E-state index is 14.4. The molecule has 1 aromatic carbocycles. The Morgan fingerprint density at radius 3 is 2.63 bits per heavy atom. The Kier molecular flexibility index (Phi) is 8.62. The van der Waals surface area contributed by atoms with Crippen molar-refractivity contribution in [3.8, 4) is 0 Å². The van der Waals surface area contributed by atoms with Crippen LogP contribution in [0.4, 0.5) is 0 Å². The molecule has 2 bridgehead atoms. The van der Waals surface area contributed by atoms with Gasteiger partial charge in [-0.25, -0.2) is 0 Å². The van der Waals surface area contributed by atoms with Crippen molar-refractivity contribution in [2.45, 2.75) is 82.6 Å². The molecule has 3 fully saturated rings. The standard InChI is InChI=1S/C30H42N2O6/c1-5-8-12-18-31(17-6-2)27(35)25-30-16-15-29(4,38-30)24(28(36)37-7-3)23(30)26(34)32(25)22(20-33)19-21-13-10-9-11-14-21/h6,9-11,13-14,22-25,33H,2,5,7-8,12,15-20H2,1,3-4H3/t22-,23+,24+,25?,29-,30?/m1/s1. The quantitative estimate of drug-likeness (QED) is 0.241. The number of rotatable bonds is 13. The first kappa shape index (κ1) is 28.3. The molecule has 2 amide bonds. The number of hydrogen-bond acceptors (Lipinski definition) is 6. The molecule has 3 saturated heterocycles. The molecule has 8 nitrogen and oxygen atoms in total. The molecular formula is C30H42N2O6. The number of esters is 1. The van der Waals surface area contributed by atoms with Crippen LogP contribution in [0.15, 0.2) is 43.0 Å². The third-order valence-electron chi connectivity index (χ3n) is 8.60. The van der Waals surface area contributed by atoms with Crippen LogP contribution in [0.2, 0.25) is 0 Å². The zero-order valence-corrected chi connectivity index (χ0v) is 22.9. The van der Waals surface area contributed by atoms with Crippen LogP contribution < -0.4 is 0 Å². The van der Waals surface area contributed by atoms with Crippen LogP contribution in [-0.2, 0) is 30.3 Å². The van der Waals surface area contributed by atoms with E-state index in [-0.39, 0.29) is 25.0 Å². The van der Waals surface area contributed by atoms with Crippen LogP contribution in [0.1, 0.15) is 58.4 Å². The van der Waals surface area contributed by atoms with E-state index < -0.39 is 41.1 Å². The molecule has 1 aromatic rings. The van der Waals surface area contributed by atoms with E-state index in [4.69, 9.17) is 9.47 Å². The van der Waals surface area contributed by atoms with Gasteiger partial charge in [0, 0.05) is 13.1 Å².